The van der Waals surface area contributed by atoms with Gasteiger partial charge in [0, 0.05) is 16.5 Å². The van der Waals surface area contributed by atoms with Crippen molar-refractivity contribution in [1.82, 2.24) is 10.2 Å². The number of aromatic amines is 1. The lowest BCUT2D eigenvalue weighted by Crippen LogP contribution is -2.08. The first kappa shape index (κ1) is 23.9. The van der Waals surface area contributed by atoms with Gasteiger partial charge in [0.25, 0.3) is 5.56 Å². The number of allylic oxidation sites excluding steroid dienone is 4. The lowest BCUT2D eigenvalue weighted by molar-refractivity contribution is 0.830. The zero-order valence-corrected chi connectivity index (χ0v) is 21.6. The van der Waals surface area contributed by atoms with Crippen LogP contribution in [0.5, 0.6) is 0 Å². The van der Waals surface area contributed by atoms with E-state index in [4.69, 9.17) is 5.73 Å². The minimum Gasteiger partial charge on any atom is -0.399 e. The molecule has 1 heterocycles. The largest absolute Gasteiger partial charge is 0.399 e. The van der Waals surface area contributed by atoms with E-state index in [2.05, 4.69) is 77.8 Å². The molecular formula is C34H31N3O. The summed E-state index contributed by atoms with van der Waals surface area (Å²) in [6.07, 6.45) is 12.0. The van der Waals surface area contributed by atoms with Gasteiger partial charge in [-0.25, -0.2) is 5.10 Å². The summed E-state index contributed by atoms with van der Waals surface area (Å²) in [4.78, 5) is 11.1. The van der Waals surface area contributed by atoms with E-state index in [9.17, 15) is 4.79 Å². The third-order valence-electron chi connectivity index (χ3n) is 7.80. The summed E-state index contributed by atoms with van der Waals surface area (Å²) < 4.78 is 0. The molecule has 0 unspecified atom stereocenters. The Morgan fingerprint density at radius 3 is 2.66 bits per heavy atom. The fraction of sp³-hybridized carbons (Fsp3) is 0.176. The van der Waals surface area contributed by atoms with Crippen LogP contribution in [0.2, 0.25) is 0 Å². The molecule has 0 fully saturated rings. The topological polar surface area (TPSA) is 71.8 Å². The normalized spacial score (nSPS) is 14.1. The molecule has 0 amide bonds. The molecule has 4 aromatic carbocycles. The quantitative estimate of drug-likeness (QED) is 0.252. The van der Waals surface area contributed by atoms with E-state index in [1.165, 1.54) is 57.9 Å². The Bertz CT molecular complexity index is 1790. The van der Waals surface area contributed by atoms with Crippen LogP contribution in [0.15, 0.2) is 102 Å². The highest BCUT2D eigenvalue weighted by Crippen LogP contribution is 2.41. The van der Waals surface area contributed by atoms with Gasteiger partial charge in [-0.1, -0.05) is 78.4 Å². The first-order valence-corrected chi connectivity index (χ1v) is 13.3. The van der Waals surface area contributed by atoms with Crippen molar-refractivity contribution in [3.05, 3.63) is 135 Å². The van der Waals surface area contributed by atoms with Gasteiger partial charge >= 0.3 is 0 Å². The number of hydrogen-bond acceptors (Lipinski definition) is 3. The molecule has 188 valence electrons. The second-order valence-electron chi connectivity index (χ2n) is 10.2. The van der Waals surface area contributed by atoms with Gasteiger partial charge in [-0.15, -0.1) is 0 Å². The summed E-state index contributed by atoms with van der Waals surface area (Å²) in [5.74, 6) is 0. The second-order valence-corrected chi connectivity index (χ2v) is 10.2. The average Bonchev–Trinajstić information content (AvgIpc) is 2.95. The summed E-state index contributed by atoms with van der Waals surface area (Å²) in [6.45, 7) is 2.07. The van der Waals surface area contributed by atoms with Gasteiger partial charge in [-0.3, -0.25) is 4.79 Å². The van der Waals surface area contributed by atoms with Crippen molar-refractivity contribution in [3.8, 4) is 0 Å². The van der Waals surface area contributed by atoms with E-state index < -0.39 is 0 Å². The van der Waals surface area contributed by atoms with Crippen LogP contribution in [-0.4, -0.2) is 10.2 Å². The number of anilines is 1. The Kier molecular flexibility index (Phi) is 6.38. The molecule has 0 saturated carbocycles. The number of aromatic nitrogens is 2. The van der Waals surface area contributed by atoms with Crippen LogP contribution in [0.4, 0.5) is 5.69 Å². The zero-order valence-electron chi connectivity index (χ0n) is 21.6. The molecule has 0 saturated heterocycles. The number of fused-ring (bicyclic) bond motifs is 5. The van der Waals surface area contributed by atoms with Crippen molar-refractivity contribution in [2.75, 3.05) is 5.73 Å². The number of H-pyrrole nitrogens is 1. The number of nitrogens with one attached hydrogen (secondary N) is 1. The molecule has 4 nitrogen and oxygen atoms in total. The maximum Gasteiger partial charge on any atom is 0.272 e. The molecule has 2 aliphatic carbocycles. The molecule has 38 heavy (non-hydrogen) atoms. The fourth-order valence-corrected chi connectivity index (χ4v) is 5.78. The highest BCUT2D eigenvalue weighted by Gasteiger charge is 2.21. The third-order valence-corrected chi connectivity index (χ3v) is 7.80. The van der Waals surface area contributed by atoms with E-state index in [1.54, 1.807) is 17.8 Å². The molecule has 0 bridgehead atoms. The van der Waals surface area contributed by atoms with E-state index in [1.807, 2.05) is 18.2 Å². The van der Waals surface area contributed by atoms with Gasteiger partial charge in [-0.05, 0) is 95.3 Å². The monoisotopic (exact) mass is 497 g/mol. The van der Waals surface area contributed by atoms with Crippen molar-refractivity contribution >= 4 is 32.8 Å². The van der Waals surface area contributed by atoms with E-state index in [0.29, 0.717) is 5.39 Å². The Labute approximate surface area is 222 Å². The van der Waals surface area contributed by atoms with Gasteiger partial charge < -0.3 is 5.73 Å². The Hall–Kier alpha value is -4.44. The zero-order chi connectivity index (χ0) is 26.1. The van der Waals surface area contributed by atoms with Gasteiger partial charge in [0.1, 0.15) is 0 Å². The highest BCUT2D eigenvalue weighted by atomic mass is 16.1. The van der Waals surface area contributed by atoms with Crippen LogP contribution in [0.25, 0.3) is 27.1 Å². The first-order chi connectivity index (χ1) is 18.6. The average molecular weight is 498 g/mol. The predicted octanol–water partition coefficient (Wildman–Crippen LogP) is 7.29. The summed E-state index contributed by atoms with van der Waals surface area (Å²) in [5, 5.41) is 10.4. The van der Waals surface area contributed by atoms with Gasteiger partial charge in [0.2, 0.25) is 0 Å². The van der Waals surface area contributed by atoms with E-state index >= 15 is 0 Å². The summed E-state index contributed by atoms with van der Waals surface area (Å²) in [6, 6.07) is 25.2. The number of benzene rings is 4. The number of hydrogen-bond donors (Lipinski definition) is 2. The SMILES string of the molecule is Cc1ccc(Cc2cccc3ccc4c(c23)CCC2=C4C=CCC2)cc1N.O=c1[nH]ncc2ccccc12. The van der Waals surface area contributed by atoms with Crippen molar-refractivity contribution < 1.29 is 0 Å². The summed E-state index contributed by atoms with van der Waals surface area (Å²) in [5.41, 5.74) is 16.9. The lowest BCUT2D eigenvalue weighted by Gasteiger charge is -2.26. The molecule has 1 aromatic heterocycles. The molecule has 3 N–H and O–H groups in total. The minimum absolute atomic E-state index is 0.136. The standard InChI is InChI=1S/C26H25N.C8H6N2O/c1-17-9-10-18(16-25(17)27)15-21-7-4-6-20-12-13-23-22-8-3-2-5-19(22)11-14-24(23)26(20)21;11-8-7-4-2-1-3-6(7)5-9-10-8/h3-4,6-10,12-13,16H,2,5,11,14-15,27H2,1H3;1-5H,(H,10,11). The van der Waals surface area contributed by atoms with Crippen LogP contribution in [0.3, 0.4) is 0 Å². The number of aryl methyl sites for hydroxylation is 2. The highest BCUT2D eigenvalue weighted by molar-refractivity contribution is 5.96. The Morgan fingerprint density at radius 2 is 1.79 bits per heavy atom. The van der Waals surface area contributed by atoms with Crippen LogP contribution in [-0.2, 0) is 12.8 Å². The number of nitrogens with two attached hydrogens (primary N) is 1. The van der Waals surface area contributed by atoms with E-state index in [0.717, 1.165) is 29.5 Å². The van der Waals surface area contributed by atoms with Gasteiger partial charge in [-0.2, -0.15) is 5.10 Å². The number of rotatable bonds is 2. The maximum atomic E-state index is 11.1. The smallest absolute Gasteiger partial charge is 0.272 e. The first-order valence-electron chi connectivity index (χ1n) is 13.3. The van der Waals surface area contributed by atoms with Crippen molar-refractivity contribution in [3.63, 3.8) is 0 Å². The minimum atomic E-state index is -0.136. The molecule has 2 aliphatic rings. The van der Waals surface area contributed by atoms with E-state index in [-0.39, 0.29) is 5.56 Å². The maximum absolute atomic E-state index is 11.1. The van der Waals surface area contributed by atoms with Crippen LogP contribution in [0.1, 0.15) is 47.1 Å². The van der Waals surface area contributed by atoms with Gasteiger partial charge in [0.15, 0.2) is 0 Å². The third kappa shape index (κ3) is 4.54. The molecule has 0 radical (unpaired) electrons. The number of nitrogens with zero attached hydrogens (tertiary/aromatic N) is 1. The second kappa shape index (κ2) is 10.1. The molecule has 0 aliphatic heterocycles. The Morgan fingerprint density at radius 1 is 0.921 bits per heavy atom. The van der Waals surface area contributed by atoms with Crippen LogP contribution >= 0.6 is 0 Å². The molecule has 0 atom stereocenters. The van der Waals surface area contributed by atoms with Gasteiger partial charge in [0.05, 0.1) is 6.20 Å². The van der Waals surface area contributed by atoms with Crippen molar-refractivity contribution in [2.24, 2.45) is 0 Å². The predicted molar refractivity (Wildman–Crippen MR) is 158 cm³/mol. The molecule has 7 rings (SSSR count). The van der Waals surface area contributed by atoms with Crippen molar-refractivity contribution in [1.29, 1.82) is 0 Å². The molecule has 4 heteroatoms. The number of nitrogen functional groups attached to an aromatic ring is 1. The Balaban J connectivity index is 0.000000200. The summed E-state index contributed by atoms with van der Waals surface area (Å²) >= 11 is 0. The van der Waals surface area contributed by atoms with Crippen molar-refractivity contribution in [2.45, 2.75) is 39.0 Å². The fourth-order valence-electron chi connectivity index (χ4n) is 5.78. The van der Waals surface area contributed by atoms with Crippen LogP contribution in [0, 0.1) is 6.92 Å². The van der Waals surface area contributed by atoms with Crippen LogP contribution < -0.4 is 11.3 Å². The lowest BCUT2D eigenvalue weighted by atomic mass is 9.78. The summed E-state index contributed by atoms with van der Waals surface area (Å²) in [7, 11) is 0. The molecule has 5 aromatic rings. The molecule has 0 spiro atoms. The molecular weight excluding hydrogens is 466 g/mol.